The number of thioether (sulfide) groups is 1. The van der Waals surface area contributed by atoms with Gasteiger partial charge in [0, 0.05) is 23.6 Å². The van der Waals surface area contributed by atoms with E-state index in [-0.39, 0.29) is 0 Å². The van der Waals surface area contributed by atoms with Gasteiger partial charge < -0.3 is 10.0 Å². The molecule has 0 amide bonds. The predicted molar refractivity (Wildman–Crippen MR) is 78.2 cm³/mol. The molecule has 1 aromatic heterocycles. The molecule has 1 aromatic rings. The molecule has 3 nitrogen and oxygen atoms in total. The average molecular weight is 266 g/mol. The molecule has 0 aromatic carbocycles. The van der Waals surface area contributed by atoms with Gasteiger partial charge in [0.1, 0.15) is 0 Å². The van der Waals surface area contributed by atoms with Crippen LogP contribution in [0, 0.1) is 0 Å². The first-order chi connectivity index (χ1) is 8.52. The molecule has 0 radical (unpaired) electrons. The fourth-order valence-corrected chi connectivity index (χ4v) is 3.34. The van der Waals surface area contributed by atoms with Crippen LogP contribution in [0.2, 0.25) is 0 Å². The largest absolute Gasteiger partial charge is 0.387 e. The number of rotatable bonds is 3. The van der Waals surface area contributed by atoms with Gasteiger partial charge in [-0.1, -0.05) is 6.92 Å². The summed E-state index contributed by atoms with van der Waals surface area (Å²) >= 11 is 2.03. The van der Waals surface area contributed by atoms with Crippen molar-refractivity contribution < 1.29 is 5.11 Å². The highest BCUT2D eigenvalue weighted by Crippen LogP contribution is 2.32. The number of aromatic nitrogens is 1. The van der Waals surface area contributed by atoms with Crippen molar-refractivity contribution in [1.82, 2.24) is 4.98 Å². The molecule has 1 saturated heterocycles. The Morgan fingerprint density at radius 3 is 2.83 bits per heavy atom. The van der Waals surface area contributed by atoms with Crippen molar-refractivity contribution in [2.75, 3.05) is 23.7 Å². The second kappa shape index (κ2) is 5.49. The third-order valence-electron chi connectivity index (χ3n) is 3.29. The van der Waals surface area contributed by atoms with E-state index in [4.69, 9.17) is 0 Å². The van der Waals surface area contributed by atoms with Crippen LogP contribution in [-0.4, -0.2) is 33.7 Å². The Morgan fingerprint density at radius 1 is 1.50 bits per heavy atom. The van der Waals surface area contributed by atoms with E-state index in [0.717, 1.165) is 30.2 Å². The van der Waals surface area contributed by atoms with Crippen molar-refractivity contribution in [3.05, 3.63) is 24.0 Å². The number of hydrogen-bond acceptors (Lipinski definition) is 4. The molecule has 4 heteroatoms. The number of aliphatic hydroxyl groups excluding tert-OH is 1. The molecular weight excluding hydrogens is 244 g/mol. The van der Waals surface area contributed by atoms with E-state index in [1.54, 1.807) is 0 Å². The van der Waals surface area contributed by atoms with Crippen molar-refractivity contribution in [2.24, 2.45) is 0 Å². The fraction of sp³-hybridized carbons (Fsp3) is 0.643. The van der Waals surface area contributed by atoms with E-state index in [1.807, 2.05) is 30.9 Å². The summed E-state index contributed by atoms with van der Waals surface area (Å²) in [6, 6.07) is 4.02. The Labute approximate surface area is 114 Å². The summed E-state index contributed by atoms with van der Waals surface area (Å²) in [6.45, 7) is 8.66. The Balaban J connectivity index is 2.09. The summed E-state index contributed by atoms with van der Waals surface area (Å²) in [4.78, 5) is 6.75. The minimum absolute atomic E-state index is 0.305. The highest BCUT2D eigenvalue weighted by molar-refractivity contribution is 8.00. The van der Waals surface area contributed by atoms with Crippen LogP contribution in [0.3, 0.4) is 0 Å². The highest BCUT2D eigenvalue weighted by atomic mass is 32.2. The topological polar surface area (TPSA) is 36.4 Å². The summed E-state index contributed by atoms with van der Waals surface area (Å²) in [5.74, 6) is 1.16. The first kappa shape index (κ1) is 13.7. The summed E-state index contributed by atoms with van der Waals surface area (Å²) in [5.41, 5.74) is 1.93. The highest BCUT2D eigenvalue weighted by Gasteiger charge is 2.27. The second-order valence-corrected chi connectivity index (χ2v) is 7.20. The Bertz CT molecular complexity index is 391. The van der Waals surface area contributed by atoms with Gasteiger partial charge in [-0.2, -0.15) is 11.8 Å². The molecule has 0 aliphatic carbocycles. The molecule has 2 heterocycles. The van der Waals surface area contributed by atoms with Crippen LogP contribution in [0.25, 0.3) is 0 Å². The zero-order chi connectivity index (χ0) is 13.2. The molecule has 0 saturated carbocycles. The van der Waals surface area contributed by atoms with E-state index >= 15 is 0 Å². The van der Waals surface area contributed by atoms with Crippen LogP contribution in [0.15, 0.2) is 18.3 Å². The fourth-order valence-electron chi connectivity index (χ4n) is 2.23. The number of pyridine rings is 1. The van der Waals surface area contributed by atoms with E-state index in [0.29, 0.717) is 11.2 Å². The molecule has 0 spiro atoms. The summed E-state index contributed by atoms with van der Waals surface area (Å²) in [5, 5.41) is 9.73. The monoisotopic (exact) mass is 266 g/mol. The van der Waals surface area contributed by atoms with E-state index in [9.17, 15) is 5.11 Å². The number of hydrogen-bond donors (Lipinski definition) is 1. The van der Waals surface area contributed by atoms with Gasteiger partial charge in [0.15, 0.2) is 0 Å². The zero-order valence-corrected chi connectivity index (χ0v) is 12.2. The maximum absolute atomic E-state index is 9.73. The van der Waals surface area contributed by atoms with Gasteiger partial charge in [0.05, 0.1) is 23.7 Å². The molecule has 2 rings (SSSR count). The van der Waals surface area contributed by atoms with Crippen molar-refractivity contribution >= 4 is 17.4 Å². The number of nitrogens with zero attached hydrogens (tertiary/aromatic N) is 2. The molecule has 1 atom stereocenters. The maximum Gasteiger partial charge on any atom is 0.0957 e. The van der Waals surface area contributed by atoms with Crippen LogP contribution < -0.4 is 4.90 Å². The van der Waals surface area contributed by atoms with Gasteiger partial charge in [-0.3, -0.25) is 4.98 Å². The Hall–Kier alpha value is -0.740. The minimum atomic E-state index is -0.438. The van der Waals surface area contributed by atoms with E-state index in [2.05, 4.69) is 29.8 Å². The third kappa shape index (κ3) is 3.18. The van der Waals surface area contributed by atoms with E-state index in [1.165, 1.54) is 0 Å². The van der Waals surface area contributed by atoms with Gasteiger partial charge >= 0.3 is 0 Å². The maximum atomic E-state index is 9.73. The molecule has 100 valence electrons. The normalized spacial score (nSPS) is 20.8. The van der Waals surface area contributed by atoms with Gasteiger partial charge in [-0.05, 0) is 32.4 Å². The Morgan fingerprint density at radius 2 is 2.28 bits per heavy atom. The quantitative estimate of drug-likeness (QED) is 0.912. The summed E-state index contributed by atoms with van der Waals surface area (Å²) in [6.07, 6.45) is 2.16. The Kier molecular flexibility index (Phi) is 4.17. The lowest BCUT2D eigenvalue weighted by atomic mass is 10.1. The molecule has 1 fully saturated rings. The standard InChI is InChI=1S/C14H22N2OS/c1-4-13(17)12-6-5-11(9-15-12)16-7-8-18-14(2,3)10-16/h5-6,9,13,17H,4,7-8,10H2,1-3H3. The lowest BCUT2D eigenvalue weighted by Gasteiger charge is -2.38. The smallest absolute Gasteiger partial charge is 0.0957 e. The van der Waals surface area contributed by atoms with Crippen LogP contribution in [0.1, 0.15) is 39.0 Å². The van der Waals surface area contributed by atoms with Crippen LogP contribution >= 0.6 is 11.8 Å². The number of anilines is 1. The lowest BCUT2D eigenvalue weighted by molar-refractivity contribution is 0.169. The van der Waals surface area contributed by atoms with Crippen molar-refractivity contribution in [1.29, 1.82) is 0 Å². The number of aliphatic hydroxyl groups is 1. The molecule has 18 heavy (non-hydrogen) atoms. The predicted octanol–water partition coefficient (Wildman–Crippen LogP) is 2.86. The zero-order valence-electron chi connectivity index (χ0n) is 11.4. The molecule has 1 aliphatic heterocycles. The summed E-state index contributed by atoms with van der Waals surface area (Å²) < 4.78 is 0.305. The van der Waals surface area contributed by atoms with Crippen molar-refractivity contribution in [3.63, 3.8) is 0 Å². The first-order valence-electron chi connectivity index (χ1n) is 6.55. The van der Waals surface area contributed by atoms with Gasteiger partial charge in [0.25, 0.3) is 0 Å². The minimum Gasteiger partial charge on any atom is -0.387 e. The first-order valence-corrected chi connectivity index (χ1v) is 7.53. The lowest BCUT2D eigenvalue weighted by Crippen LogP contribution is -2.43. The van der Waals surface area contributed by atoms with Crippen LogP contribution in [0.5, 0.6) is 0 Å². The van der Waals surface area contributed by atoms with Crippen molar-refractivity contribution in [3.8, 4) is 0 Å². The molecule has 0 bridgehead atoms. The summed E-state index contributed by atoms with van der Waals surface area (Å²) in [7, 11) is 0. The molecule has 1 unspecified atom stereocenters. The molecule has 1 aliphatic rings. The van der Waals surface area contributed by atoms with Gasteiger partial charge in [-0.25, -0.2) is 0 Å². The van der Waals surface area contributed by atoms with Gasteiger partial charge in [0.2, 0.25) is 0 Å². The van der Waals surface area contributed by atoms with Crippen LogP contribution in [0.4, 0.5) is 5.69 Å². The van der Waals surface area contributed by atoms with Crippen LogP contribution in [-0.2, 0) is 0 Å². The van der Waals surface area contributed by atoms with Gasteiger partial charge in [-0.15, -0.1) is 0 Å². The SMILES string of the molecule is CCC(O)c1ccc(N2CCSC(C)(C)C2)cn1. The molecule has 1 N–H and O–H groups in total. The van der Waals surface area contributed by atoms with Crippen molar-refractivity contribution in [2.45, 2.75) is 38.0 Å². The molecular formula is C14H22N2OS. The van der Waals surface area contributed by atoms with E-state index < -0.39 is 6.10 Å². The second-order valence-electron chi connectivity index (χ2n) is 5.40. The third-order valence-corrected chi connectivity index (χ3v) is 4.59. The average Bonchev–Trinajstić information content (AvgIpc) is 2.37.